The first-order valence-electron chi connectivity index (χ1n) is 14.6. The molecular formula is C38H33N3O. The Hall–Kier alpha value is -4.96. The number of allylic oxidation sites excluding steroid dienone is 5. The van der Waals surface area contributed by atoms with Gasteiger partial charge < -0.3 is 10.2 Å². The number of rotatable bonds is 4. The number of aliphatic imine (C=N–C) groups is 1. The second-order valence-electron chi connectivity index (χ2n) is 11.3. The number of fused-ring (bicyclic) bond motifs is 4. The van der Waals surface area contributed by atoms with Gasteiger partial charge in [0.05, 0.1) is 0 Å². The van der Waals surface area contributed by atoms with Gasteiger partial charge in [0.2, 0.25) is 0 Å². The topological polar surface area (TPSA) is 75.4 Å². The van der Waals surface area contributed by atoms with Gasteiger partial charge >= 0.3 is 0 Å². The molecule has 0 unspecified atom stereocenters. The van der Waals surface area contributed by atoms with E-state index in [1.165, 1.54) is 39.0 Å². The monoisotopic (exact) mass is 547 g/mol. The smallest absolute Gasteiger partial charge is 0.154 e. The van der Waals surface area contributed by atoms with E-state index in [9.17, 15) is 0 Å². The quantitative estimate of drug-likeness (QED) is 0.174. The minimum Gasteiger partial charge on any atom is -0.456 e. The zero-order chi connectivity index (χ0) is 28.8. The first-order chi connectivity index (χ1) is 20.5. The van der Waals surface area contributed by atoms with Crippen molar-refractivity contribution in [2.45, 2.75) is 39.5 Å². The average Bonchev–Trinajstić information content (AvgIpc) is 3.39. The van der Waals surface area contributed by atoms with Gasteiger partial charge in [-0.1, -0.05) is 78.4 Å². The largest absolute Gasteiger partial charge is 0.456 e. The molecule has 0 spiro atoms. The van der Waals surface area contributed by atoms with E-state index in [0.717, 1.165) is 64.3 Å². The maximum Gasteiger partial charge on any atom is 0.154 e. The lowest BCUT2D eigenvalue weighted by atomic mass is 9.82. The summed E-state index contributed by atoms with van der Waals surface area (Å²) in [6.07, 6.45) is 10.8. The van der Waals surface area contributed by atoms with Crippen LogP contribution in [0.25, 0.3) is 39.2 Å². The van der Waals surface area contributed by atoms with E-state index >= 15 is 0 Å². The van der Waals surface area contributed by atoms with Crippen molar-refractivity contribution in [1.82, 2.24) is 0 Å². The molecule has 0 aliphatic heterocycles. The van der Waals surface area contributed by atoms with Crippen LogP contribution in [0.15, 0.2) is 106 Å². The molecule has 206 valence electrons. The lowest BCUT2D eigenvalue weighted by Gasteiger charge is -2.22. The second kappa shape index (κ2) is 10.5. The highest BCUT2D eigenvalue weighted by molar-refractivity contribution is 6.20. The molecule has 5 aromatic rings. The summed E-state index contributed by atoms with van der Waals surface area (Å²) in [5, 5.41) is 10.6. The van der Waals surface area contributed by atoms with Gasteiger partial charge in [-0.15, -0.1) is 0 Å². The lowest BCUT2D eigenvalue weighted by molar-refractivity contribution is 0.669. The molecule has 0 fully saturated rings. The average molecular weight is 548 g/mol. The van der Waals surface area contributed by atoms with Crippen molar-refractivity contribution in [3.63, 3.8) is 0 Å². The van der Waals surface area contributed by atoms with Crippen LogP contribution in [0, 0.1) is 12.3 Å². The summed E-state index contributed by atoms with van der Waals surface area (Å²) in [4.78, 5) is 4.56. The molecule has 2 aliphatic rings. The Morgan fingerprint density at radius 2 is 1.76 bits per heavy atom. The fourth-order valence-electron chi connectivity index (χ4n) is 6.41. The molecule has 0 atom stereocenters. The fraction of sp³-hybridized carbons (Fsp3) is 0.158. The van der Waals surface area contributed by atoms with Crippen LogP contribution in [0.3, 0.4) is 0 Å². The Kier molecular flexibility index (Phi) is 6.47. The maximum absolute atomic E-state index is 8.70. The summed E-state index contributed by atoms with van der Waals surface area (Å²) >= 11 is 0. The Morgan fingerprint density at radius 1 is 0.881 bits per heavy atom. The summed E-state index contributed by atoms with van der Waals surface area (Å²) < 4.78 is 6.40. The van der Waals surface area contributed by atoms with Gasteiger partial charge in [-0.05, 0) is 103 Å². The molecule has 1 heterocycles. The van der Waals surface area contributed by atoms with E-state index in [-0.39, 0.29) is 5.84 Å². The number of benzene rings is 4. The third-order valence-electron chi connectivity index (χ3n) is 8.59. The Labute approximate surface area is 246 Å². The Bertz CT molecular complexity index is 2030. The summed E-state index contributed by atoms with van der Waals surface area (Å²) in [5.74, 6) is 0.470. The van der Waals surface area contributed by atoms with Crippen molar-refractivity contribution in [2.75, 3.05) is 0 Å². The normalized spacial score (nSPS) is 15.3. The van der Waals surface area contributed by atoms with Crippen molar-refractivity contribution in [3.05, 3.63) is 136 Å². The van der Waals surface area contributed by atoms with Crippen LogP contribution in [0.1, 0.15) is 65.1 Å². The lowest BCUT2D eigenvalue weighted by Crippen LogP contribution is -2.16. The summed E-state index contributed by atoms with van der Waals surface area (Å²) in [6, 6.07) is 27.0. The number of hydrogen-bond donors (Lipinski definition) is 2. The van der Waals surface area contributed by atoms with Crippen molar-refractivity contribution in [2.24, 2.45) is 10.7 Å². The van der Waals surface area contributed by atoms with Crippen molar-refractivity contribution in [1.29, 1.82) is 5.41 Å². The minimum atomic E-state index is 0.159. The van der Waals surface area contributed by atoms with Crippen LogP contribution in [0.5, 0.6) is 0 Å². The van der Waals surface area contributed by atoms with Crippen LogP contribution in [-0.2, 0) is 6.42 Å². The molecule has 4 aromatic carbocycles. The molecule has 0 bridgehead atoms. The molecule has 4 nitrogen and oxygen atoms in total. The zero-order valence-corrected chi connectivity index (χ0v) is 24.0. The molecule has 4 heteroatoms. The maximum atomic E-state index is 8.70. The molecule has 0 saturated carbocycles. The first kappa shape index (κ1) is 26.0. The van der Waals surface area contributed by atoms with Crippen LogP contribution in [0.2, 0.25) is 0 Å². The zero-order valence-electron chi connectivity index (χ0n) is 24.0. The van der Waals surface area contributed by atoms with Crippen molar-refractivity contribution in [3.8, 4) is 0 Å². The molecule has 1 aromatic heterocycles. The first-order valence-corrected chi connectivity index (χ1v) is 14.6. The number of nitrogens with two attached hydrogens (primary N) is 1. The number of aryl methyl sites for hydroxylation is 2. The van der Waals surface area contributed by atoms with Crippen LogP contribution < -0.4 is 5.73 Å². The molecule has 0 saturated heterocycles. The molecular weight excluding hydrogens is 514 g/mol. The third kappa shape index (κ3) is 4.50. The van der Waals surface area contributed by atoms with Crippen molar-refractivity contribution < 1.29 is 4.42 Å². The van der Waals surface area contributed by atoms with E-state index in [2.05, 4.69) is 91.7 Å². The van der Waals surface area contributed by atoms with Crippen molar-refractivity contribution >= 4 is 50.8 Å². The second-order valence-corrected chi connectivity index (χ2v) is 11.3. The van der Waals surface area contributed by atoms with Crippen LogP contribution in [-0.4, -0.2) is 11.7 Å². The van der Waals surface area contributed by atoms with Gasteiger partial charge in [-0.25, -0.2) is 4.99 Å². The highest BCUT2D eigenvalue weighted by Crippen LogP contribution is 2.42. The van der Waals surface area contributed by atoms with Crippen LogP contribution >= 0.6 is 0 Å². The SMILES string of the molecule is CC1=C(c2ccccc2C)C(c2ccc3c(c2)oc2cccc(/C(N)=N/C(=N)c4ccc5c(c4)CCC=C5)c23)=CCC1. The number of hydrogen-bond acceptors (Lipinski definition) is 2. The molecule has 2 aliphatic carbocycles. The molecule has 3 N–H and O–H groups in total. The van der Waals surface area contributed by atoms with E-state index in [4.69, 9.17) is 15.6 Å². The van der Waals surface area contributed by atoms with Gasteiger partial charge in [0.25, 0.3) is 0 Å². The fourth-order valence-corrected chi connectivity index (χ4v) is 6.41. The van der Waals surface area contributed by atoms with Gasteiger partial charge in [-0.3, -0.25) is 5.41 Å². The number of nitrogens with one attached hydrogen (secondary N) is 1. The predicted octanol–water partition coefficient (Wildman–Crippen LogP) is 9.24. The molecule has 0 radical (unpaired) electrons. The summed E-state index contributed by atoms with van der Waals surface area (Å²) in [6.45, 7) is 4.43. The van der Waals surface area contributed by atoms with Gasteiger partial charge in [0, 0.05) is 21.9 Å². The van der Waals surface area contributed by atoms with E-state index < -0.39 is 0 Å². The Morgan fingerprint density at radius 3 is 2.64 bits per heavy atom. The Balaban J connectivity index is 1.28. The number of nitrogens with zero attached hydrogens (tertiary/aromatic N) is 1. The van der Waals surface area contributed by atoms with Gasteiger partial charge in [0.1, 0.15) is 17.0 Å². The molecule has 7 rings (SSSR count). The summed E-state index contributed by atoms with van der Waals surface area (Å²) in [5.41, 5.74) is 19.9. The van der Waals surface area contributed by atoms with E-state index in [1.54, 1.807) is 0 Å². The molecule has 0 amide bonds. The standard InChI is InChI=1S/C38H33N3O/c1-23-9-3-6-13-29(23)35-24(2)10-7-14-30(35)27-19-20-31-34(22-27)42-33-16-8-15-32(36(31)33)38(40)41-37(39)28-18-17-25-11-4-5-12-26(25)21-28/h3-4,6,8-9,11,13-22H,5,7,10,12H2,1-2H3,(H3,39,40,41). The third-order valence-corrected chi connectivity index (χ3v) is 8.59. The van der Waals surface area contributed by atoms with E-state index in [1.807, 2.05) is 24.3 Å². The molecule has 42 heavy (non-hydrogen) atoms. The highest BCUT2D eigenvalue weighted by Gasteiger charge is 2.21. The van der Waals surface area contributed by atoms with Crippen LogP contribution in [0.4, 0.5) is 0 Å². The summed E-state index contributed by atoms with van der Waals surface area (Å²) in [7, 11) is 0. The number of furan rings is 1. The number of amidine groups is 2. The van der Waals surface area contributed by atoms with Gasteiger partial charge in [0.15, 0.2) is 5.84 Å². The van der Waals surface area contributed by atoms with E-state index in [0.29, 0.717) is 5.84 Å². The highest BCUT2D eigenvalue weighted by atomic mass is 16.3. The van der Waals surface area contributed by atoms with Gasteiger partial charge in [-0.2, -0.15) is 0 Å². The predicted molar refractivity (Wildman–Crippen MR) is 176 cm³/mol. The minimum absolute atomic E-state index is 0.159.